The van der Waals surface area contributed by atoms with E-state index in [2.05, 4.69) is 0 Å². The predicted molar refractivity (Wildman–Crippen MR) is 22.7 cm³/mol. The van der Waals surface area contributed by atoms with Gasteiger partial charge in [-0.1, -0.05) is 0 Å². The fourth-order valence-corrected chi connectivity index (χ4v) is 0.124. The van der Waals surface area contributed by atoms with Crippen LogP contribution in [-0.4, -0.2) is 23.8 Å². The van der Waals surface area contributed by atoms with Gasteiger partial charge >= 0.3 is 0 Å². The van der Waals surface area contributed by atoms with Crippen LogP contribution < -0.4 is 0 Å². The molecule has 1 N–H and O–H groups in total. The molecule has 0 amide bonds. The van der Waals surface area contributed by atoms with E-state index < -0.39 is 12.8 Å². The minimum Gasteiger partial charge on any atom is -0.389 e. The molecule has 0 aromatic heterocycles. The SMILES string of the molecule is OC(C[18F])CCl. The van der Waals surface area contributed by atoms with E-state index >= 15 is 0 Å². The van der Waals surface area contributed by atoms with Crippen molar-refractivity contribution < 1.29 is 9.50 Å². The number of aliphatic hydroxyl groups excluding tert-OH is 1. The third kappa shape index (κ3) is 2.42. The summed E-state index contributed by atoms with van der Waals surface area (Å²) in [4.78, 5) is 0. The Bertz CT molecular complexity index is 30.0. The van der Waals surface area contributed by atoms with Crippen molar-refractivity contribution in [2.45, 2.75) is 6.10 Å². The molecule has 0 rings (SSSR count). The van der Waals surface area contributed by atoms with Crippen molar-refractivity contribution in [1.82, 2.24) is 0 Å². The zero-order valence-electron chi connectivity index (χ0n) is 3.19. The maximum Gasteiger partial charge on any atom is 0.116 e. The molecule has 1 nitrogen and oxygen atoms in total. The lowest BCUT2D eigenvalue weighted by Gasteiger charge is -1.93. The summed E-state index contributed by atoms with van der Waals surface area (Å²) in [5, 5.41) is 8.16. The zero-order valence-corrected chi connectivity index (χ0v) is 3.95. The van der Waals surface area contributed by atoms with E-state index in [1.807, 2.05) is 0 Å². The van der Waals surface area contributed by atoms with Crippen LogP contribution in [0.1, 0.15) is 0 Å². The monoisotopic (exact) mass is 111 g/mol. The number of aliphatic hydroxyl groups is 1. The second-order valence-corrected chi connectivity index (χ2v) is 1.27. The van der Waals surface area contributed by atoms with E-state index in [0.717, 1.165) is 0 Å². The minimum absolute atomic E-state index is 0.0174. The Morgan fingerprint density at radius 1 is 1.83 bits per heavy atom. The third-order valence-electron chi connectivity index (χ3n) is 0.356. The molecule has 6 heavy (non-hydrogen) atoms. The van der Waals surface area contributed by atoms with Crippen molar-refractivity contribution in [3.8, 4) is 0 Å². The first-order valence-electron chi connectivity index (χ1n) is 1.61. The molecule has 0 saturated carbocycles. The van der Waals surface area contributed by atoms with Crippen LogP contribution in [-0.2, 0) is 0 Å². The van der Waals surface area contributed by atoms with E-state index in [9.17, 15) is 4.39 Å². The summed E-state index contributed by atoms with van der Waals surface area (Å²) in [5.74, 6) is -0.0174. The molecule has 0 bridgehead atoms. The van der Waals surface area contributed by atoms with Gasteiger partial charge < -0.3 is 5.11 Å². The quantitative estimate of drug-likeness (QED) is 0.516. The highest BCUT2D eigenvalue weighted by atomic mass is 35.5. The van der Waals surface area contributed by atoms with Crippen LogP contribution in [0.25, 0.3) is 0 Å². The topological polar surface area (TPSA) is 20.2 Å². The molecule has 0 radical (unpaired) electrons. The van der Waals surface area contributed by atoms with Gasteiger partial charge in [0, 0.05) is 0 Å². The Morgan fingerprint density at radius 2 is 2.33 bits per heavy atom. The Balaban J connectivity index is 2.75. The number of hydrogen-bond acceptors (Lipinski definition) is 1. The van der Waals surface area contributed by atoms with E-state index in [1.165, 1.54) is 0 Å². The second kappa shape index (κ2) is 3.37. The fraction of sp³-hybridized carbons (Fsp3) is 1.00. The molecule has 0 aliphatic carbocycles. The Hall–Kier alpha value is 0.180. The van der Waals surface area contributed by atoms with Crippen LogP contribution in [0.4, 0.5) is 4.39 Å². The highest BCUT2D eigenvalue weighted by Gasteiger charge is 1.95. The highest BCUT2D eigenvalue weighted by Crippen LogP contribution is 1.85. The molecular formula is C3H6ClFO. The van der Waals surface area contributed by atoms with E-state index in [-0.39, 0.29) is 5.88 Å². The number of halogens is 2. The molecule has 0 aliphatic rings. The van der Waals surface area contributed by atoms with Crippen molar-refractivity contribution in [3.05, 3.63) is 0 Å². The summed E-state index contributed by atoms with van der Waals surface area (Å²) in [5.41, 5.74) is 0. The molecular weight excluding hydrogens is 105 g/mol. The normalized spacial score (nSPS) is 14.5. The molecule has 0 heterocycles. The van der Waals surface area contributed by atoms with Crippen LogP contribution in [0.2, 0.25) is 0 Å². The first-order chi connectivity index (χ1) is 2.81. The Labute approximate surface area is 40.7 Å². The first kappa shape index (κ1) is 6.18. The molecule has 0 aromatic carbocycles. The van der Waals surface area contributed by atoms with Gasteiger partial charge in [-0.3, -0.25) is 0 Å². The molecule has 1 unspecified atom stereocenters. The number of rotatable bonds is 2. The fourth-order valence-electron chi connectivity index (χ4n) is 0.0412. The van der Waals surface area contributed by atoms with Gasteiger partial charge in [0.25, 0.3) is 0 Å². The zero-order chi connectivity index (χ0) is 4.99. The van der Waals surface area contributed by atoms with Crippen molar-refractivity contribution in [2.24, 2.45) is 0 Å². The lowest BCUT2D eigenvalue weighted by Crippen LogP contribution is -2.09. The van der Waals surface area contributed by atoms with Gasteiger partial charge in [0.15, 0.2) is 0 Å². The molecule has 0 aromatic rings. The van der Waals surface area contributed by atoms with Gasteiger partial charge in [-0.05, 0) is 0 Å². The molecule has 0 saturated heterocycles. The predicted octanol–water partition coefficient (Wildman–Crippen LogP) is 0.556. The number of hydrogen-bond donors (Lipinski definition) is 1. The van der Waals surface area contributed by atoms with Gasteiger partial charge in [-0.2, -0.15) is 0 Å². The third-order valence-corrected chi connectivity index (χ3v) is 0.712. The van der Waals surface area contributed by atoms with Crippen LogP contribution in [0, 0.1) is 0 Å². The smallest absolute Gasteiger partial charge is 0.116 e. The van der Waals surface area contributed by atoms with Crippen LogP contribution >= 0.6 is 11.6 Å². The van der Waals surface area contributed by atoms with Crippen LogP contribution in [0.3, 0.4) is 0 Å². The lowest BCUT2D eigenvalue weighted by atomic mass is 10.5. The van der Waals surface area contributed by atoms with Gasteiger partial charge in [0.1, 0.15) is 6.67 Å². The van der Waals surface area contributed by atoms with E-state index in [0.29, 0.717) is 0 Å². The second-order valence-electron chi connectivity index (χ2n) is 0.962. The van der Waals surface area contributed by atoms with Gasteiger partial charge in [0.05, 0.1) is 12.0 Å². The molecule has 0 aliphatic heterocycles. The van der Waals surface area contributed by atoms with Crippen molar-refractivity contribution >= 4 is 11.6 Å². The van der Waals surface area contributed by atoms with Crippen LogP contribution in [0.5, 0.6) is 0 Å². The van der Waals surface area contributed by atoms with Crippen molar-refractivity contribution in [3.63, 3.8) is 0 Å². The molecule has 1 atom stereocenters. The largest absolute Gasteiger partial charge is 0.389 e. The Kier molecular flexibility index (Phi) is 3.47. The molecule has 38 valence electrons. The summed E-state index contributed by atoms with van der Waals surface area (Å²) < 4.78 is 11.1. The molecule has 0 fully saturated rings. The summed E-state index contributed by atoms with van der Waals surface area (Å²) in [6, 6.07) is 0. The van der Waals surface area contributed by atoms with Gasteiger partial charge in [0.2, 0.25) is 0 Å². The van der Waals surface area contributed by atoms with Crippen molar-refractivity contribution in [1.29, 1.82) is 0 Å². The lowest BCUT2D eigenvalue weighted by molar-refractivity contribution is 0.161. The first-order valence-corrected chi connectivity index (χ1v) is 2.14. The summed E-state index contributed by atoms with van der Waals surface area (Å²) in [6.07, 6.45) is -0.966. The molecule has 0 spiro atoms. The van der Waals surface area contributed by atoms with Gasteiger partial charge in [-0.25, -0.2) is 4.39 Å². The minimum atomic E-state index is -0.966. The summed E-state index contributed by atoms with van der Waals surface area (Å²) in [6.45, 7) is -0.747. The van der Waals surface area contributed by atoms with Crippen LogP contribution in [0.15, 0.2) is 0 Å². The van der Waals surface area contributed by atoms with E-state index in [4.69, 9.17) is 16.7 Å². The molecule has 3 heteroatoms. The summed E-state index contributed by atoms with van der Waals surface area (Å²) in [7, 11) is 0. The van der Waals surface area contributed by atoms with Crippen molar-refractivity contribution in [2.75, 3.05) is 12.6 Å². The number of alkyl halides is 2. The standard InChI is InChI=1S/C3H6ClFO/c4-1-3(6)2-5/h3,6H,1-2H2/i5-1. The van der Waals surface area contributed by atoms with E-state index in [1.54, 1.807) is 0 Å². The highest BCUT2D eigenvalue weighted by molar-refractivity contribution is 6.18. The average molecular weight is 112 g/mol. The average Bonchev–Trinajstić information content (AvgIpc) is 1.65. The summed E-state index contributed by atoms with van der Waals surface area (Å²) >= 11 is 4.96. The maximum atomic E-state index is 11.1. The maximum absolute atomic E-state index is 11.1. The van der Waals surface area contributed by atoms with Gasteiger partial charge in [-0.15, -0.1) is 11.6 Å². The Morgan fingerprint density at radius 3 is 2.33 bits per heavy atom.